The lowest BCUT2D eigenvalue weighted by atomic mass is 9.99. The fourth-order valence-electron chi connectivity index (χ4n) is 1.35. The zero-order valence-corrected chi connectivity index (χ0v) is 10.1. The lowest BCUT2D eigenvalue weighted by Gasteiger charge is -2.39. The molecule has 0 aromatic carbocycles. The number of aliphatic hydroxyl groups is 4. The Morgan fingerprint density at radius 1 is 1.30 bits per heavy atom. The highest BCUT2D eigenvalue weighted by Gasteiger charge is 2.43. The fourth-order valence-corrected chi connectivity index (χ4v) is 1.35. The summed E-state index contributed by atoms with van der Waals surface area (Å²) in [6.45, 7) is -0.509. The Hall–Kier alpha value is -1.93. The smallest absolute Gasteiger partial charge is 0.291 e. The third kappa shape index (κ3) is 5.81. The third-order valence-corrected chi connectivity index (χ3v) is 2.21. The van der Waals surface area contributed by atoms with Crippen LogP contribution in [0.5, 0.6) is 0 Å². The molecule has 0 aromatic rings. The molecule has 5 atom stereocenters. The van der Waals surface area contributed by atoms with Gasteiger partial charge in [0.25, 0.3) is 5.09 Å². The van der Waals surface area contributed by atoms with Gasteiger partial charge < -0.3 is 41.8 Å². The van der Waals surface area contributed by atoms with Crippen LogP contribution in [0.2, 0.25) is 0 Å². The predicted molar refractivity (Wildman–Crippen MR) is 61.5 cm³/mol. The molecule has 0 aliphatic carbocycles. The van der Waals surface area contributed by atoms with Crippen LogP contribution in [-0.4, -0.2) is 73.9 Å². The largest absolute Gasteiger partial charge is 0.394 e. The van der Waals surface area contributed by atoms with Gasteiger partial charge in [0, 0.05) is 0 Å². The normalized spacial score (nSPS) is 32.5. The van der Waals surface area contributed by atoms with Crippen molar-refractivity contribution >= 4 is 5.96 Å². The Morgan fingerprint density at radius 3 is 2.20 bits per heavy atom. The van der Waals surface area contributed by atoms with E-state index < -0.39 is 42.3 Å². The Morgan fingerprint density at radius 2 is 1.80 bits per heavy atom. The summed E-state index contributed by atoms with van der Waals surface area (Å²) < 4.78 is 5.04. The zero-order valence-electron chi connectivity index (χ0n) is 10.1. The lowest BCUT2D eigenvalue weighted by Crippen LogP contribution is -2.61. The first-order valence-corrected chi connectivity index (χ1v) is 5.18. The Labute approximate surface area is 112 Å². The van der Waals surface area contributed by atoms with Crippen molar-refractivity contribution in [3.05, 3.63) is 10.1 Å². The van der Waals surface area contributed by atoms with E-state index in [2.05, 4.69) is 10.5 Å². The zero-order chi connectivity index (χ0) is 15.9. The van der Waals surface area contributed by atoms with Gasteiger partial charge in [0.15, 0.2) is 6.23 Å². The number of nitrogens with one attached hydrogen (secondary N) is 1. The summed E-state index contributed by atoms with van der Waals surface area (Å²) in [7, 11) is 0. The first-order chi connectivity index (χ1) is 9.20. The minimum absolute atomic E-state index is 0.281. The molecule has 0 bridgehead atoms. The molecular formula is C7H17N5O8. The summed E-state index contributed by atoms with van der Waals surface area (Å²) in [5.41, 5.74) is 12.4. The minimum Gasteiger partial charge on any atom is -0.394 e. The first-order valence-electron chi connectivity index (χ1n) is 5.18. The summed E-state index contributed by atoms with van der Waals surface area (Å²) in [4.78, 5) is 8.36. The molecule has 13 heteroatoms. The first kappa shape index (κ1) is 18.1. The molecule has 1 aliphatic rings. The van der Waals surface area contributed by atoms with Crippen molar-refractivity contribution in [2.75, 3.05) is 6.61 Å². The molecule has 0 spiro atoms. The second kappa shape index (κ2) is 8.28. The number of hydrazone groups is 1. The van der Waals surface area contributed by atoms with E-state index in [1.807, 2.05) is 0 Å². The van der Waals surface area contributed by atoms with Gasteiger partial charge in [-0.25, -0.2) is 0 Å². The van der Waals surface area contributed by atoms with Gasteiger partial charge in [-0.2, -0.15) is 0 Å². The van der Waals surface area contributed by atoms with Gasteiger partial charge in [-0.15, -0.1) is 15.2 Å². The van der Waals surface area contributed by atoms with Gasteiger partial charge in [-0.05, 0) is 0 Å². The Balaban J connectivity index is 0.000000796. The van der Waals surface area contributed by atoms with Crippen molar-refractivity contribution in [3.63, 3.8) is 0 Å². The molecule has 10 N–H and O–H groups in total. The van der Waals surface area contributed by atoms with E-state index in [1.54, 1.807) is 0 Å². The highest BCUT2D eigenvalue weighted by atomic mass is 16.9. The van der Waals surface area contributed by atoms with Crippen molar-refractivity contribution in [2.24, 2.45) is 16.6 Å². The average Bonchev–Trinajstić information content (AvgIpc) is 2.34. The summed E-state index contributed by atoms with van der Waals surface area (Å²) >= 11 is 0. The van der Waals surface area contributed by atoms with Crippen molar-refractivity contribution in [2.45, 2.75) is 30.6 Å². The van der Waals surface area contributed by atoms with Gasteiger partial charge in [0.1, 0.15) is 24.4 Å². The summed E-state index contributed by atoms with van der Waals surface area (Å²) in [5.74, 6) is -0.281. The van der Waals surface area contributed by atoms with Gasteiger partial charge in [0.2, 0.25) is 5.96 Å². The molecule has 1 saturated heterocycles. The SMILES string of the molecule is NC(N)=NN[C@H]1O[C@H](CO)[C@@H](O)[C@@H](O)[C@H]1O.O=[N+]([O-])O. The molecule has 13 nitrogen and oxygen atoms in total. The van der Waals surface area contributed by atoms with E-state index in [9.17, 15) is 15.3 Å². The summed E-state index contributed by atoms with van der Waals surface area (Å²) in [6, 6.07) is 0. The maximum atomic E-state index is 9.50. The van der Waals surface area contributed by atoms with Gasteiger partial charge in [-0.3, -0.25) is 5.43 Å². The van der Waals surface area contributed by atoms with Crippen molar-refractivity contribution in [3.8, 4) is 0 Å². The molecule has 0 amide bonds. The van der Waals surface area contributed by atoms with Crippen LogP contribution in [0.25, 0.3) is 0 Å². The van der Waals surface area contributed by atoms with E-state index >= 15 is 0 Å². The molecule has 0 aromatic heterocycles. The van der Waals surface area contributed by atoms with Gasteiger partial charge in [-0.1, -0.05) is 0 Å². The number of nitrogens with zero attached hydrogens (tertiary/aromatic N) is 2. The van der Waals surface area contributed by atoms with Crippen molar-refractivity contribution < 1.29 is 35.5 Å². The molecular weight excluding hydrogens is 282 g/mol. The molecule has 0 radical (unpaired) electrons. The van der Waals surface area contributed by atoms with E-state index in [0.29, 0.717) is 0 Å². The topological polar surface area (TPSA) is 230 Å². The highest BCUT2D eigenvalue weighted by molar-refractivity contribution is 5.75. The lowest BCUT2D eigenvalue weighted by molar-refractivity contribution is -0.742. The molecule has 20 heavy (non-hydrogen) atoms. The quantitative estimate of drug-likeness (QED) is 0.107. The standard InChI is InChI=1S/C7H16N4O5.HNO3/c8-7(9)11-10-6-5(15)4(14)3(13)2(1-12)16-6;2-1(3)4/h2-6,10,12-15H,1H2,(H4,8,9,11);(H,2,3,4)/t2-,3-,4-,5-,6+;/m1./s1. The molecule has 1 rings (SSSR count). The number of aliphatic hydroxyl groups excluding tert-OH is 4. The van der Waals surface area contributed by atoms with E-state index in [0.717, 1.165) is 0 Å². The average molecular weight is 299 g/mol. The third-order valence-electron chi connectivity index (χ3n) is 2.21. The van der Waals surface area contributed by atoms with Crippen molar-refractivity contribution in [1.82, 2.24) is 5.43 Å². The maximum absolute atomic E-state index is 9.50. The predicted octanol–water partition coefficient (Wildman–Crippen LogP) is -4.78. The van der Waals surface area contributed by atoms with Crippen LogP contribution in [-0.2, 0) is 4.74 Å². The molecule has 1 fully saturated rings. The maximum Gasteiger partial charge on any atom is 0.291 e. The number of hydrogen-bond acceptors (Lipinski definition) is 9. The highest BCUT2D eigenvalue weighted by Crippen LogP contribution is 2.19. The monoisotopic (exact) mass is 299 g/mol. The molecule has 1 heterocycles. The second-order valence-electron chi connectivity index (χ2n) is 3.65. The molecule has 0 saturated carbocycles. The van der Waals surface area contributed by atoms with Crippen molar-refractivity contribution in [1.29, 1.82) is 0 Å². The van der Waals surface area contributed by atoms with E-state index in [-0.39, 0.29) is 5.96 Å². The number of guanidine groups is 1. The molecule has 0 unspecified atom stereocenters. The van der Waals surface area contributed by atoms with Crippen LogP contribution in [0.3, 0.4) is 0 Å². The Bertz CT molecular complexity index is 331. The molecule has 118 valence electrons. The number of rotatable bonds is 3. The summed E-state index contributed by atoms with van der Waals surface area (Å²) in [6.07, 6.45) is -6.39. The van der Waals surface area contributed by atoms with Crippen LogP contribution >= 0.6 is 0 Å². The van der Waals surface area contributed by atoms with Gasteiger partial charge >= 0.3 is 0 Å². The van der Waals surface area contributed by atoms with E-state index in [4.69, 9.17) is 36.6 Å². The summed E-state index contributed by atoms with van der Waals surface area (Å²) in [5, 5.41) is 54.2. The second-order valence-corrected chi connectivity index (χ2v) is 3.65. The number of nitrogens with two attached hydrogens (primary N) is 2. The van der Waals surface area contributed by atoms with E-state index in [1.165, 1.54) is 0 Å². The fraction of sp³-hybridized carbons (Fsp3) is 0.857. The van der Waals surface area contributed by atoms with Crippen LogP contribution in [0.4, 0.5) is 0 Å². The number of ether oxygens (including phenoxy) is 1. The van der Waals surface area contributed by atoms with Gasteiger partial charge in [0.05, 0.1) is 6.61 Å². The molecule has 1 aliphatic heterocycles. The Kier molecular flexibility index (Phi) is 7.48. The number of hydrogen-bond donors (Lipinski definition) is 8. The van der Waals surface area contributed by atoms with Crippen LogP contribution in [0.1, 0.15) is 0 Å². The van der Waals surface area contributed by atoms with Crippen LogP contribution in [0, 0.1) is 10.1 Å². The minimum atomic E-state index is -1.50. The van der Waals surface area contributed by atoms with Crippen LogP contribution in [0.15, 0.2) is 5.10 Å². The van der Waals surface area contributed by atoms with Crippen LogP contribution < -0.4 is 16.9 Å².